The van der Waals surface area contributed by atoms with Gasteiger partial charge in [-0.05, 0) is 41.5 Å². The SMILES string of the molecule is NCc1cccc(-n2nc(C(F)(F)F)cc2C(=O)Nc2ccc(F)c(C(O)c3ccccc3)c2)c1. The zero-order valence-corrected chi connectivity index (χ0v) is 18.1. The summed E-state index contributed by atoms with van der Waals surface area (Å²) in [4.78, 5) is 13.0. The third kappa shape index (κ3) is 5.23. The van der Waals surface area contributed by atoms with Crippen LogP contribution in [0.2, 0.25) is 0 Å². The molecule has 0 bridgehead atoms. The van der Waals surface area contributed by atoms with Gasteiger partial charge < -0.3 is 16.2 Å². The molecular formula is C25H20F4N4O2. The van der Waals surface area contributed by atoms with Crippen molar-refractivity contribution in [3.05, 3.63) is 113 Å². The van der Waals surface area contributed by atoms with Crippen molar-refractivity contribution in [1.82, 2.24) is 9.78 Å². The average Bonchev–Trinajstić information content (AvgIpc) is 3.32. The van der Waals surface area contributed by atoms with E-state index in [1.807, 2.05) is 0 Å². The average molecular weight is 484 g/mol. The van der Waals surface area contributed by atoms with E-state index >= 15 is 0 Å². The summed E-state index contributed by atoms with van der Waals surface area (Å²) >= 11 is 0. The fraction of sp³-hybridized carbons (Fsp3) is 0.120. The minimum Gasteiger partial charge on any atom is -0.384 e. The molecule has 3 aromatic carbocycles. The van der Waals surface area contributed by atoms with Crippen molar-refractivity contribution in [3.63, 3.8) is 0 Å². The first-order chi connectivity index (χ1) is 16.7. The summed E-state index contributed by atoms with van der Waals surface area (Å²) in [6, 6.07) is 18.8. The number of aromatic nitrogens is 2. The molecule has 6 nitrogen and oxygen atoms in total. The normalized spacial score (nSPS) is 12.4. The van der Waals surface area contributed by atoms with Crippen LogP contribution in [0.3, 0.4) is 0 Å². The molecule has 10 heteroatoms. The summed E-state index contributed by atoms with van der Waals surface area (Å²) in [6.45, 7) is 0.144. The fourth-order valence-electron chi connectivity index (χ4n) is 3.53. The molecule has 1 atom stereocenters. The molecule has 1 unspecified atom stereocenters. The van der Waals surface area contributed by atoms with E-state index in [0.29, 0.717) is 17.2 Å². The zero-order chi connectivity index (χ0) is 25.2. The lowest BCUT2D eigenvalue weighted by Gasteiger charge is -2.15. The number of amides is 1. The summed E-state index contributed by atoms with van der Waals surface area (Å²) in [5.41, 5.74) is 5.25. The molecule has 0 saturated carbocycles. The maximum absolute atomic E-state index is 14.4. The number of nitrogens with zero attached hydrogens (tertiary/aromatic N) is 2. The molecule has 0 aliphatic carbocycles. The van der Waals surface area contributed by atoms with E-state index < -0.39 is 29.7 Å². The van der Waals surface area contributed by atoms with E-state index in [9.17, 15) is 27.5 Å². The lowest BCUT2D eigenvalue weighted by Crippen LogP contribution is -2.17. The highest BCUT2D eigenvalue weighted by Crippen LogP contribution is 2.31. The molecule has 0 aliphatic rings. The molecule has 4 rings (SSSR count). The first-order valence-electron chi connectivity index (χ1n) is 10.5. The van der Waals surface area contributed by atoms with E-state index in [1.54, 1.807) is 42.5 Å². The number of nitrogens with two attached hydrogens (primary N) is 1. The van der Waals surface area contributed by atoms with Crippen LogP contribution in [-0.2, 0) is 12.7 Å². The molecule has 35 heavy (non-hydrogen) atoms. The number of aliphatic hydroxyl groups is 1. The molecule has 4 N–H and O–H groups in total. The molecule has 0 radical (unpaired) electrons. The van der Waals surface area contributed by atoms with Crippen LogP contribution >= 0.6 is 0 Å². The Morgan fingerprint density at radius 3 is 2.46 bits per heavy atom. The van der Waals surface area contributed by atoms with Gasteiger partial charge in [0.05, 0.1) is 5.69 Å². The molecule has 0 saturated heterocycles. The van der Waals surface area contributed by atoms with Gasteiger partial charge in [0.15, 0.2) is 5.69 Å². The van der Waals surface area contributed by atoms with Crippen molar-refractivity contribution in [2.75, 3.05) is 5.32 Å². The number of alkyl halides is 3. The van der Waals surface area contributed by atoms with Crippen LogP contribution in [0.5, 0.6) is 0 Å². The Bertz CT molecular complexity index is 1350. The molecule has 1 amide bonds. The maximum atomic E-state index is 14.4. The second-order valence-electron chi connectivity index (χ2n) is 7.70. The van der Waals surface area contributed by atoms with Gasteiger partial charge in [-0.15, -0.1) is 0 Å². The van der Waals surface area contributed by atoms with Crippen LogP contribution in [0, 0.1) is 5.82 Å². The number of aliphatic hydroxyl groups excluding tert-OH is 1. The van der Waals surface area contributed by atoms with Gasteiger partial charge in [0.1, 0.15) is 17.6 Å². The highest BCUT2D eigenvalue weighted by atomic mass is 19.4. The minimum atomic E-state index is -4.78. The first kappa shape index (κ1) is 24.1. The number of benzene rings is 3. The standard InChI is InChI=1S/C25H20F4N4O2/c26-20-10-9-17(12-19(20)23(34)16-6-2-1-3-7-16)31-24(35)21-13-22(25(27,28)29)32-33(21)18-8-4-5-15(11-18)14-30/h1-13,23,34H,14,30H2,(H,31,35). The number of anilines is 1. The quantitative estimate of drug-likeness (QED) is 0.342. The third-order valence-electron chi connectivity index (χ3n) is 5.29. The van der Waals surface area contributed by atoms with E-state index in [-0.39, 0.29) is 29.2 Å². The van der Waals surface area contributed by atoms with Crippen LogP contribution in [0.15, 0.2) is 78.9 Å². The number of rotatable bonds is 6. The van der Waals surface area contributed by atoms with Crippen molar-refractivity contribution in [3.8, 4) is 5.69 Å². The molecule has 1 heterocycles. The Morgan fingerprint density at radius 1 is 1.03 bits per heavy atom. The van der Waals surface area contributed by atoms with Crippen LogP contribution < -0.4 is 11.1 Å². The highest BCUT2D eigenvalue weighted by Gasteiger charge is 2.36. The zero-order valence-electron chi connectivity index (χ0n) is 18.1. The van der Waals surface area contributed by atoms with Crippen LogP contribution in [0.25, 0.3) is 5.69 Å². The van der Waals surface area contributed by atoms with Crippen molar-refractivity contribution in [2.24, 2.45) is 5.73 Å². The summed E-state index contributed by atoms with van der Waals surface area (Å²) in [6.07, 6.45) is -6.09. The molecule has 0 fully saturated rings. The van der Waals surface area contributed by atoms with Crippen molar-refractivity contribution < 1.29 is 27.5 Å². The van der Waals surface area contributed by atoms with Crippen molar-refractivity contribution in [2.45, 2.75) is 18.8 Å². The summed E-state index contributed by atoms with van der Waals surface area (Å²) in [5, 5.41) is 16.6. The van der Waals surface area contributed by atoms with Crippen LogP contribution in [0.1, 0.15) is 39.0 Å². The number of hydrogen-bond donors (Lipinski definition) is 3. The predicted molar refractivity (Wildman–Crippen MR) is 121 cm³/mol. The topological polar surface area (TPSA) is 93.2 Å². The largest absolute Gasteiger partial charge is 0.435 e. The summed E-state index contributed by atoms with van der Waals surface area (Å²) in [5.74, 6) is -1.61. The fourth-order valence-corrected chi connectivity index (χ4v) is 3.53. The molecular weight excluding hydrogens is 464 g/mol. The predicted octanol–water partition coefficient (Wildman–Crippen LogP) is 4.82. The Balaban J connectivity index is 1.69. The number of hydrogen-bond acceptors (Lipinski definition) is 4. The van der Waals surface area contributed by atoms with E-state index in [2.05, 4.69) is 10.4 Å². The van der Waals surface area contributed by atoms with Crippen molar-refractivity contribution >= 4 is 11.6 Å². The molecule has 1 aromatic heterocycles. The van der Waals surface area contributed by atoms with Gasteiger partial charge in [-0.3, -0.25) is 4.79 Å². The number of carbonyl (C=O) groups is 1. The maximum Gasteiger partial charge on any atom is 0.435 e. The Hall–Kier alpha value is -4.02. The van der Waals surface area contributed by atoms with E-state index in [1.165, 1.54) is 24.3 Å². The Labute approximate surface area is 197 Å². The van der Waals surface area contributed by atoms with Crippen LogP contribution in [0.4, 0.5) is 23.2 Å². The molecule has 180 valence electrons. The number of carbonyl (C=O) groups excluding carboxylic acids is 1. The smallest absolute Gasteiger partial charge is 0.384 e. The van der Waals surface area contributed by atoms with E-state index in [0.717, 1.165) is 10.7 Å². The molecule has 0 spiro atoms. The molecule has 4 aromatic rings. The van der Waals surface area contributed by atoms with Crippen LogP contribution in [-0.4, -0.2) is 20.8 Å². The summed E-state index contributed by atoms with van der Waals surface area (Å²) < 4.78 is 55.5. The molecule has 0 aliphatic heterocycles. The number of halogens is 4. The third-order valence-corrected chi connectivity index (χ3v) is 5.29. The van der Waals surface area contributed by atoms with Gasteiger partial charge in [-0.2, -0.15) is 18.3 Å². The van der Waals surface area contributed by atoms with Gasteiger partial charge in [0.25, 0.3) is 5.91 Å². The van der Waals surface area contributed by atoms with Gasteiger partial charge in [0.2, 0.25) is 0 Å². The number of nitrogens with one attached hydrogen (secondary N) is 1. The second-order valence-corrected chi connectivity index (χ2v) is 7.70. The van der Waals surface area contributed by atoms with Gasteiger partial charge in [-0.1, -0.05) is 42.5 Å². The second kappa shape index (κ2) is 9.69. The first-order valence-corrected chi connectivity index (χ1v) is 10.5. The monoisotopic (exact) mass is 484 g/mol. The highest BCUT2D eigenvalue weighted by molar-refractivity contribution is 6.03. The minimum absolute atomic E-state index is 0.0819. The van der Waals surface area contributed by atoms with Crippen molar-refractivity contribution in [1.29, 1.82) is 0 Å². The lowest BCUT2D eigenvalue weighted by atomic mass is 10.0. The van der Waals surface area contributed by atoms with Gasteiger partial charge in [0, 0.05) is 23.9 Å². The van der Waals surface area contributed by atoms with Gasteiger partial charge >= 0.3 is 6.18 Å². The lowest BCUT2D eigenvalue weighted by molar-refractivity contribution is -0.141. The van der Waals surface area contributed by atoms with E-state index in [4.69, 9.17) is 5.73 Å². The Kier molecular flexibility index (Phi) is 6.68. The Morgan fingerprint density at radius 2 is 1.77 bits per heavy atom. The summed E-state index contributed by atoms with van der Waals surface area (Å²) in [7, 11) is 0. The van der Waals surface area contributed by atoms with Gasteiger partial charge in [-0.25, -0.2) is 9.07 Å².